The number of aromatic nitrogens is 2. The quantitative estimate of drug-likeness (QED) is 0.657. The van der Waals surface area contributed by atoms with Gasteiger partial charge in [0.1, 0.15) is 16.8 Å². The SMILES string of the molecule is N#C/C(=C/c1cc2cccnc2o1)c1nccs1. The first-order valence-electron chi connectivity index (χ1n) is 5.23. The number of thiazole rings is 1. The lowest BCUT2D eigenvalue weighted by Gasteiger charge is -1.89. The van der Waals surface area contributed by atoms with Crippen molar-refractivity contribution < 1.29 is 4.42 Å². The van der Waals surface area contributed by atoms with Gasteiger partial charge in [0.05, 0.1) is 5.57 Å². The van der Waals surface area contributed by atoms with Crippen LogP contribution in [0.3, 0.4) is 0 Å². The average molecular weight is 253 g/mol. The molecule has 0 fully saturated rings. The molecule has 86 valence electrons. The standard InChI is InChI=1S/C13H7N3OS/c14-8-10(13-16-4-5-18-13)7-11-6-9-2-1-3-15-12(9)17-11/h1-7H/b10-7-. The molecular weight excluding hydrogens is 246 g/mol. The van der Waals surface area contributed by atoms with Gasteiger partial charge in [-0.3, -0.25) is 0 Å². The van der Waals surface area contributed by atoms with Crippen LogP contribution in [-0.2, 0) is 0 Å². The molecule has 0 amide bonds. The zero-order valence-corrected chi connectivity index (χ0v) is 10.0. The second-order valence-electron chi connectivity index (χ2n) is 3.55. The Morgan fingerprint density at radius 2 is 2.33 bits per heavy atom. The van der Waals surface area contributed by atoms with E-state index < -0.39 is 0 Å². The van der Waals surface area contributed by atoms with Gasteiger partial charge < -0.3 is 4.42 Å². The van der Waals surface area contributed by atoms with Gasteiger partial charge in [-0.15, -0.1) is 11.3 Å². The summed E-state index contributed by atoms with van der Waals surface area (Å²) in [7, 11) is 0. The molecule has 0 aliphatic carbocycles. The average Bonchev–Trinajstić information content (AvgIpc) is 3.04. The van der Waals surface area contributed by atoms with Crippen LogP contribution in [-0.4, -0.2) is 9.97 Å². The summed E-state index contributed by atoms with van der Waals surface area (Å²) in [5, 5.41) is 12.6. The van der Waals surface area contributed by atoms with Crippen molar-refractivity contribution in [3.05, 3.63) is 46.7 Å². The van der Waals surface area contributed by atoms with Gasteiger partial charge in [0.25, 0.3) is 0 Å². The van der Waals surface area contributed by atoms with Crippen LogP contribution in [0.15, 0.2) is 40.4 Å². The summed E-state index contributed by atoms with van der Waals surface area (Å²) >= 11 is 1.42. The van der Waals surface area contributed by atoms with E-state index in [1.54, 1.807) is 18.5 Å². The van der Waals surface area contributed by atoms with E-state index in [0.29, 0.717) is 22.1 Å². The van der Waals surface area contributed by atoms with Crippen LogP contribution in [0.4, 0.5) is 0 Å². The minimum atomic E-state index is 0.490. The molecule has 0 atom stereocenters. The fourth-order valence-corrected chi connectivity index (χ4v) is 2.21. The zero-order chi connectivity index (χ0) is 12.4. The van der Waals surface area contributed by atoms with E-state index in [1.165, 1.54) is 11.3 Å². The summed E-state index contributed by atoms with van der Waals surface area (Å²) in [6, 6.07) is 7.74. The van der Waals surface area contributed by atoms with E-state index in [4.69, 9.17) is 9.68 Å². The lowest BCUT2D eigenvalue weighted by Crippen LogP contribution is -1.77. The number of fused-ring (bicyclic) bond motifs is 1. The van der Waals surface area contributed by atoms with Crippen LogP contribution in [0.2, 0.25) is 0 Å². The van der Waals surface area contributed by atoms with Crippen LogP contribution < -0.4 is 0 Å². The van der Waals surface area contributed by atoms with E-state index in [-0.39, 0.29) is 0 Å². The molecule has 0 radical (unpaired) electrons. The van der Waals surface area contributed by atoms with Crippen molar-refractivity contribution in [2.45, 2.75) is 0 Å². The van der Waals surface area contributed by atoms with E-state index in [2.05, 4.69) is 16.0 Å². The van der Waals surface area contributed by atoms with Crippen LogP contribution >= 0.6 is 11.3 Å². The van der Waals surface area contributed by atoms with Crippen molar-refractivity contribution in [3.63, 3.8) is 0 Å². The number of nitrogens with zero attached hydrogens (tertiary/aromatic N) is 3. The summed E-state index contributed by atoms with van der Waals surface area (Å²) in [6.07, 6.45) is 5.03. The molecule has 0 aliphatic heterocycles. The van der Waals surface area contributed by atoms with Gasteiger partial charge in [-0.2, -0.15) is 5.26 Å². The highest BCUT2D eigenvalue weighted by Gasteiger charge is 2.07. The minimum absolute atomic E-state index is 0.490. The van der Waals surface area contributed by atoms with Gasteiger partial charge in [-0.05, 0) is 18.2 Å². The second-order valence-corrected chi connectivity index (χ2v) is 4.45. The van der Waals surface area contributed by atoms with Crippen molar-refractivity contribution >= 4 is 34.1 Å². The molecule has 0 bridgehead atoms. The largest absolute Gasteiger partial charge is 0.438 e. The summed E-state index contributed by atoms with van der Waals surface area (Å²) in [4.78, 5) is 8.21. The molecule has 0 spiro atoms. The van der Waals surface area contributed by atoms with E-state index in [9.17, 15) is 0 Å². The number of rotatable bonds is 2. The maximum absolute atomic E-state index is 9.13. The Morgan fingerprint density at radius 1 is 1.39 bits per heavy atom. The number of furan rings is 1. The fourth-order valence-electron chi connectivity index (χ4n) is 1.60. The second kappa shape index (κ2) is 4.43. The summed E-state index contributed by atoms with van der Waals surface area (Å²) in [6.45, 7) is 0. The number of hydrogen-bond acceptors (Lipinski definition) is 5. The summed E-state index contributed by atoms with van der Waals surface area (Å²) in [5.41, 5.74) is 1.06. The van der Waals surface area contributed by atoms with E-state index >= 15 is 0 Å². The number of hydrogen-bond donors (Lipinski definition) is 0. The topological polar surface area (TPSA) is 62.7 Å². The Bertz CT molecular complexity index is 717. The first kappa shape index (κ1) is 10.7. The Kier molecular flexibility index (Phi) is 2.63. The van der Waals surface area contributed by atoms with Crippen LogP contribution in [0.1, 0.15) is 10.8 Å². The molecule has 0 saturated heterocycles. The predicted molar refractivity (Wildman–Crippen MR) is 69.6 cm³/mol. The molecule has 4 nitrogen and oxygen atoms in total. The summed E-state index contributed by atoms with van der Waals surface area (Å²) in [5.74, 6) is 0.607. The van der Waals surface area contributed by atoms with Crippen molar-refractivity contribution in [3.8, 4) is 6.07 Å². The van der Waals surface area contributed by atoms with E-state index in [1.807, 2.05) is 23.6 Å². The van der Waals surface area contributed by atoms with Crippen LogP contribution in [0.25, 0.3) is 22.7 Å². The molecule has 0 saturated carbocycles. The number of allylic oxidation sites excluding steroid dienone is 1. The molecule has 5 heteroatoms. The third-order valence-electron chi connectivity index (χ3n) is 2.38. The Labute approximate surface area is 107 Å². The maximum atomic E-state index is 9.13. The van der Waals surface area contributed by atoms with Crippen molar-refractivity contribution in [2.75, 3.05) is 0 Å². The van der Waals surface area contributed by atoms with Crippen LogP contribution in [0, 0.1) is 11.3 Å². The van der Waals surface area contributed by atoms with E-state index in [0.717, 1.165) is 5.39 Å². The molecule has 3 heterocycles. The lowest BCUT2D eigenvalue weighted by atomic mass is 10.2. The Morgan fingerprint density at radius 3 is 3.06 bits per heavy atom. The molecular formula is C13H7N3OS. The molecule has 3 rings (SSSR count). The van der Waals surface area contributed by atoms with Crippen molar-refractivity contribution in [1.29, 1.82) is 5.26 Å². The highest BCUT2D eigenvalue weighted by molar-refractivity contribution is 7.10. The Hall–Kier alpha value is -2.45. The maximum Gasteiger partial charge on any atom is 0.226 e. The molecule has 3 aromatic rings. The van der Waals surface area contributed by atoms with Gasteiger partial charge in [0.15, 0.2) is 0 Å². The predicted octanol–water partition coefficient (Wildman–Crippen LogP) is 3.35. The molecule has 0 aliphatic rings. The van der Waals surface area contributed by atoms with Crippen molar-refractivity contribution in [1.82, 2.24) is 9.97 Å². The van der Waals surface area contributed by atoms with Gasteiger partial charge in [0.2, 0.25) is 5.71 Å². The minimum Gasteiger partial charge on any atom is -0.438 e. The van der Waals surface area contributed by atoms with Gasteiger partial charge in [0, 0.05) is 29.2 Å². The first-order chi connectivity index (χ1) is 8.86. The third kappa shape index (κ3) is 1.90. The number of pyridine rings is 1. The number of nitriles is 1. The molecule has 0 aromatic carbocycles. The third-order valence-corrected chi connectivity index (χ3v) is 3.19. The summed E-state index contributed by atoms with van der Waals surface area (Å²) < 4.78 is 5.54. The van der Waals surface area contributed by atoms with Gasteiger partial charge in [-0.1, -0.05) is 0 Å². The monoisotopic (exact) mass is 253 g/mol. The van der Waals surface area contributed by atoms with Gasteiger partial charge in [-0.25, -0.2) is 9.97 Å². The van der Waals surface area contributed by atoms with Crippen molar-refractivity contribution in [2.24, 2.45) is 0 Å². The Balaban J connectivity index is 2.07. The smallest absolute Gasteiger partial charge is 0.226 e. The molecule has 0 unspecified atom stereocenters. The zero-order valence-electron chi connectivity index (χ0n) is 9.20. The normalized spacial score (nSPS) is 11.6. The first-order valence-corrected chi connectivity index (χ1v) is 6.11. The highest BCUT2D eigenvalue weighted by Crippen LogP contribution is 2.23. The molecule has 3 aromatic heterocycles. The fraction of sp³-hybridized carbons (Fsp3) is 0. The van der Waals surface area contributed by atoms with Crippen LogP contribution in [0.5, 0.6) is 0 Å². The highest BCUT2D eigenvalue weighted by atomic mass is 32.1. The molecule has 0 N–H and O–H groups in total. The van der Waals surface area contributed by atoms with Gasteiger partial charge >= 0.3 is 0 Å². The lowest BCUT2D eigenvalue weighted by molar-refractivity contribution is 0.592. The molecule has 18 heavy (non-hydrogen) atoms.